The predicted molar refractivity (Wildman–Crippen MR) is 47.6 cm³/mol. The molecule has 1 saturated heterocycles. The van der Waals surface area contributed by atoms with E-state index in [0.29, 0.717) is 11.1 Å². The van der Waals surface area contributed by atoms with Crippen LogP contribution in [0.1, 0.15) is 24.5 Å². The zero-order valence-electron chi connectivity index (χ0n) is 7.11. The third-order valence-corrected chi connectivity index (χ3v) is 2.50. The van der Waals surface area contributed by atoms with Gasteiger partial charge in [0.1, 0.15) is 12.0 Å². The number of aromatic nitrogens is 3. The highest BCUT2D eigenvalue weighted by molar-refractivity contribution is 6.30. The molecule has 0 saturated carbocycles. The van der Waals surface area contributed by atoms with Gasteiger partial charge in [-0.1, -0.05) is 11.6 Å². The van der Waals surface area contributed by atoms with Crippen LogP contribution in [0.3, 0.4) is 0 Å². The Balaban J connectivity index is 2.18. The molecule has 0 atom stereocenters. The monoisotopic (exact) mass is 199 g/mol. The van der Waals surface area contributed by atoms with Gasteiger partial charge < -0.3 is 4.74 Å². The minimum absolute atomic E-state index is 0.363. The molecule has 4 nitrogen and oxygen atoms in total. The van der Waals surface area contributed by atoms with E-state index in [-0.39, 0.29) is 0 Å². The fourth-order valence-electron chi connectivity index (χ4n) is 1.49. The Morgan fingerprint density at radius 2 is 2.15 bits per heavy atom. The van der Waals surface area contributed by atoms with Crippen LogP contribution in [0.2, 0.25) is 5.15 Å². The average molecular weight is 200 g/mol. The van der Waals surface area contributed by atoms with E-state index in [1.807, 2.05) is 0 Å². The van der Waals surface area contributed by atoms with Crippen molar-refractivity contribution in [2.24, 2.45) is 0 Å². The Morgan fingerprint density at radius 3 is 2.85 bits per heavy atom. The highest BCUT2D eigenvalue weighted by Crippen LogP contribution is 2.28. The molecule has 13 heavy (non-hydrogen) atoms. The van der Waals surface area contributed by atoms with E-state index in [4.69, 9.17) is 16.3 Å². The summed E-state index contributed by atoms with van der Waals surface area (Å²) in [5.74, 6) is 0.363. The summed E-state index contributed by atoms with van der Waals surface area (Å²) < 4.78 is 5.25. The Hall–Kier alpha value is -0.740. The molecule has 0 unspecified atom stereocenters. The molecule has 0 bridgehead atoms. The van der Waals surface area contributed by atoms with Gasteiger partial charge in [-0.15, -0.1) is 5.10 Å². The van der Waals surface area contributed by atoms with Crippen LogP contribution >= 0.6 is 11.6 Å². The summed E-state index contributed by atoms with van der Waals surface area (Å²) in [6.45, 7) is 1.55. The first-order valence-corrected chi connectivity index (χ1v) is 4.66. The Labute approximate surface area is 81.3 Å². The van der Waals surface area contributed by atoms with E-state index in [0.717, 1.165) is 31.7 Å². The third kappa shape index (κ3) is 1.95. The number of hydrogen-bond donors (Lipinski definition) is 0. The van der Waals surface area contributed by atoms with E-state index < -0.39 is 0 Å². The standard InChI is InChI=1S/C8H10ClN3O/c9-8-7(12-11-5-10-8)6-1-3-13-4-2-6/h5-6H,1-4H2. The van der Waals surface area contributed by atoms with Crippen LogP contribution in [0.5, 0.6) is 0 Å². The molecule has 2 rings (SSSR count). The van der Waals surface area contributed by atoms with E-state index >= 15 is 0 Å². The highest BCUT2D eigenvalue weighted by Gasteiger charge is 2.20. The van der Waals surface area contributed by atoms with Gasteiger partial charge in [-0.2, -0.15) is 5.10 Å². The molecule has 0 N–H and O–H groups in total. The fraction of sp³-hybridized carbons (Fsp3) is 0.625. The van der Waals surface area contributed by atoms with Gasteiger partial charge in [0.05, 0.1) is 0 Å². The van der Waals surface area contributed by atoms with Crippen molar-refractivity contribution in [1.29, 1.82) is 0 Å². The van der Waals surface area contributed by atoms with Gasteiger partial charge >= 0.3 is 0 Å². The van der Waals surface area contributed by atoms with Crippen molar-refractivity contribution < 1.29 is 4.74 Å². The van der Waals surface area contributed by atoms with Crippen LogP contribution in [-0.2, 0) is 4.74 Å². The average Bonchev–Trinajstić information content (AvgIpc) is 2.20. The van der Waals surface area contributed by atoms with Crippen LogP contribution in [0, 0.1) is 0 Å². The van der Waals surface area contributed by atoms with Crippen LogP contribution in [0.4, 0.5) is 0 Å². The number of rotatable bonds is 1. The lowest BCUT2D eigenvalue weighted by molar-refractivity contribution is 0.0842. The van der Waals surface area contributed by atoms with Crippen LogP contribution in [0.25, 0.3) is 0 Å². The minimum Gasteiger partial charge on any atom is -0.381 e. The van der Waals surface area contributed by atoms with Gasteiger partial charge in [-0.25, -0.2) is 4.98 Å². The number of hydrogen-bond acceptors (Lipinski definition) is 4. The molecule has 0 radical (unpaired) electrons. The van der Waals surface area contributed by atoms with Gasteiger partial charge in [-0.05, 0) is 12.8 Å². The summed E-state index contributed by atoms with van der Waals surface area (Å²) in [5, 5.41) is 8.21. The van der Waals surface area contributed by atoms with Gasteiger partial charge in [0.15, 0.2) is 5.15 Å². The zero-order chi connectivity index (χ0) is 9.10. The van der Waals surface area contributed by atoms with Crippen molar-refractivity contribution in [2.45, 2.75) is 18.8 Å². The van der Waals surface area contributed by atoms with E-state index in [1.54, 1.807) is 0 Å². The molecule has 1 aliphatic rings. The van der Waals surface area contributed by atoms with Gasteiger partial charge in [0.2, 0.25) is 0 Å². The number of nitrogens with zero attached hydrogens (tertiary/aromatic N) is 3. The van der Waals surface area contributed by atoms with Crippen molar-refractivity contribution in [3.8, 4) is 0 Å². The van der Waals surface area contributed by atoms with Crippen LogP contribution in [0.15, 0.2) is 6.33 Å². The maximum absolute atomic E-state index is 5.90. The SMILES string of the molecule is Clc1ncnnc1C1CCOCC1. The van der Waals surface area contributed by atoms with Crippen LogP contribution in [-0.4, -0.2) is 28.4 Å². The molecule has 5 heteroatoms. The van der Waals surface area contributed by atoms with E-state index in [1.165, 1.54) is 6.33 Å². The summed E-state index contributed by atoms with van der Waals surface area (Å²) in [5.41, 5.74) is 0.812. The summed E-state index contributed by atoms with van der Waals surface area (Å²) >= 11 is 5.90. The van der Waals surface area contributed by atoms with Crippen molar-refractivity contribution in [2.75, 3.05) is 13.2 Å². The lowest BCUT2D eigenvalue weighted by Gasteiger charge is -2.20. The Kier molecular flexibility index (Phi) is 2.71. The van der Waals surface area contributed by atoms with Crippen molar-refractivity contribution in [3.05, 3.63) is 17.2 Å². The molecule has 1 fully saturated rings. The summed E-state index contributed by atoms with van der Waals surface area (Å²) in [6.07, 6.45) is 3.28. The molecule has 2 heterocycles. The van der Waals surface area contributed by atoms with Crippen LogP contribution < -0.4 is 0 Å². The molecule has 0 aromatic carbocycles. The second-order valence-electron chi connectivity index (χ2n) is 3.02. The van der Waals surface area contributed by atoms with Gasteiger partial charge in [0, 0.05) is 19.1 Å². The molecule has 0 aliphatic carbocycles. The normalized spacial score (nSPS) is 18.8. The summed E-state index contributed by atoms with van der Waals surface area (Å²) in [7, 11) is 0. The molecule has 0 amide bonds. The largest absolute Gasteiger partial charge is 0.381 e. The first-order valence-electron chi connectivity index (χ1n) is 4.29. The molecule has 0 spiro atoms. The molecular formula is C8H10ClN3O. The minimum atomic E-state index is 0.363. The summed E-state index contributed by atoms with van der Waals surface area (Å²) in [4.78, 5) is 3.91. The Morgan fingerprint density at radius 1 is 1.38 bits per heavy atom. The molecule has 1 aromatic heterocycles. The lowest BCUT2D eigenvalue weighted by Crippen LogP contribution is -2.16. The molecular weight excluding hydrogens is 190 g/mol. The van der Waals surface area contributed by atoms with Crippen molar-refractivity contribution in [3.63, 3.8) is 0 Å². The van der Waals surface area contributed by atoms with E-state index in [2.05, 4.69) is 15.2 Å². The lowest BCUT2D eigenvalue weighted by atomic mass is 9.97. The second kappa shape index (κ2) is 3.98. The maximum atomic E-state index is 5.90. The quantitative estimate of drug-likeness (QED) is 0.687. The first kappa shape index (κ1) is 8.84. The number of halogens is 1. The molecule has 1 aromatic rings. The zero-order valence-corrected chi connectivity index (χ0v) is 7.87. The summed E-state index contributed by atoms with van der Waals surface area (Å²) in [6, 6.07) is 0. The third-order valence-electron chi connectivity index (χ3n) is 2.21. The highest BCUT2D eigenvalue weighted by atomic mass is 35.5. The second-order valence-corrected chi connectivity index (χ2v) is 3.38. The van der Waals surface area contributed by atoms with E-state index in [9.17, 15) is 0 Å². The van der Waals surface area contributed by atoms with Gasteiger partial charge in [0.25, 0.3) is 0 Å². The fourth-order valence-corrected chi connectivity index (χ4v) is 1.73. The van der Waals surface area contributed by atoms with Crippen molar-refractivity contribution >= 4 is 11.6 Å². The van der Waals surface area contributed by atoms with Gasteiger partial charge in [-0.3, -0.25) is 0 Å². The smallest absolute Gasteiger partial charge is 0.154 e. The Bertz CT molecular complexity index is 288. The van der Waals surface area contributed by atoms with Crippen molar-refractivity contribution in [1.82, 2.24) is 15.2 Å². The topological polar surface area (TPSA) is 47.9 Å². The predicted octanol–water partition coefficient (Wildman–Crippen LogP) is 1.42. The molecule has 1 aliphatic heterocycles. The molecule has 70 valence electrons. The first-order chi connectivity index (χ1) is 6.38. The number of ether oxygens (including phenoxy) is 1. The maximum Gasteiger partial charge on any atom is 0.154 e.